The fraction of sp³-hybridized carbons (Fsp3) is 0.200. The van der Waals surface area contributed by atoms with Crippen molar-refractivity contribution in [3.8, 4) is 0 Å². The Morgan fingerprint density at radius 2 is 1.70 bits per heavy atom. The zero-order valence-electron chi connectivity index (χ0n) is 14.7. The normalized spacial score (nSPS) is 16.8. The number of fused-ring (bicyclic) bond motifs is 1. The monoisotopic (exact) mass is 363 g/mol. The molecule has 7 nitrogen and oxygen atoms in total. The number of anilines is 1. The maximum Gasteiger partial charge on any atom is 0.277 e. The van der Waals surface area contributed by atoms with E-state index in [9.17, 15) is 19.7 Å². The van der Waals surface area contributed by atoms with Crippen molar-refractivity contribution in [3.63, 3.8) is 0 Å². The van der Waals surface area contributed by atoms with Gasteiger partial charge in [0.05, 0.1) is 10.5 Å². The molecule has 0 aliphatic carbocycles. The number of para-hydroxylation sites is 1. The zero-order valence-corrected chi connectivity index (χ0v) is 14.7. The molecule has 0 fully saturated rings. The van der Waals surface area contributed by atoms with Gasteiger partial charge in [0.1, 0.15) is 5.70 Å². The molecule has 0 spiro atoms. The fourth-order valence-electron chi connectivity index (χ4n) is 3.65. The molecule has 2 heterocycles. The Hall–Kier alpha value is -3.48. The summed E-state index contributed by atoms with van der Waals surface area (Å²) in [5.41, 5.74) is 3.12. The second-order valence-electron chi connectivity index (χ2n) is 6.58. The van der Waals surface area contributed by atoms with E-state index in [2.05, 4.69) is 0 Å². The minimum Gasteiger partial charge on any atom is -0.336 e. The van der Waals surface area contributed by atoms with Crippen LogP contribution >= 0.6 is 0 Å². The fourth-order valence-corrected chi connectivity index (χ4v) is 3.65. The highest BCUT2D eigenvalue weighted by molar-refractivity contribution is 6.36. The van der Waals surface area contributed by atoms with Crippen molar-refractivity contribution < 1.29 is 14.5 Å². The summed E-state index contributed by atoms with van der Waals surface area (Å²) in [7, 11) is 1.46. The molecule has 7 heteroatoms. The van der Waals surface area contributed by atoms with E-state index in [1.807, 2.05) is 29.2 Å². The van der Waals surface area contributed by atoms with Gasteiger partial charge in [-0.1, -0.05) is 18.2 Å². The third kappa shape index (κ3) is 2.68. The number of carbonyl (C=O) groups excluding carboxylic acids is 2. The van der Waals surface area contributed by atoms with Gasteiger partial charge in [0.2, 0.25) is 0 Å². The van der Waals surface area contributed by atoms with Crippen LogP contribution in [0.2, 0.25) is 0 Å². The first kappa shape index (κ1) is 17.0. The average molecular weight is 363 g/mol. The maximum atomic E-state index is 12.9. The van der Waals surface area contributed by atoms with Crippen LogP contribution in [-0.4, -0.2) is 35.2 Å². The van der Waals surface area contributed by atoms with E-state index in [4.69, 9.17) is 0 Å². The summed E-state index contributed by atoms with van der Waals surface area (Å²) >= 11 is 0. The van der Waals surface area contributed by atoms with Crippen LogP contribution in [0.15, 0.2) is 54.2 Å². The summed E-state index contributed by atoms with van der Waals surface area (Å²) in [5.74, 6) is -0.753. The Morgan fingerprint density at radius 3 is 2.41 bits per heavy atom. The number of imide groups is 1. The first-order valence-electron chi connectivity index (χ1n) is 8.66. The van der Waals surface area contributed by atoms with Crippen molar-refractivity contribution in [2.45, 2.75) is 12.8 Å². The summed E-state index contributed by atoms with van der Waals surface area (Å²) in [5, 5.41) is 10.9. The average Bonchev–Trinajstić information content (AvgIpc) is 2.91. The van der Waals surface area contributed by atoms with Crippen LogP contribution in [0.3, 0.4) is 0 Å². The third-order valence-corrected chi connectivity index (χ3v) is 5.01. The van der Waals surface area contributed by atoms with E-state index >= 15 is 0 Å². The first-order valence-corrected chi connectivity index (χ1v) is 8.66. The number of aryl methyl sites for hydroxylation is 1. The molecular weight excluding hydrogens is 346 g/mol. The molecule has 2 aliphatic heterocycles. The van der Waals surface area contributed by atoms with Crippen molar-refractivity contribution >= 4 is 28.8 Å². The highest BCUT2D eigenvalue weighted by Gasteiger charge is 2.40. The topological polar surface area (TPSA) is 83.8 Å². The Bertz CT molecular complexity index is 995. The maximum absolute atomic E-state index is 12.9. The summed E-state index contributed by atoms with van der Waals surface area (Å²) in [6.45, 7) is 0.635. The summed E-state index contributed by atoms with van der Waals surface area (Å²) < 4.78 is 0. The lowest BCUT2D eigenvalue weighted by atomic mass is 9.98. The third-order valence-electron chi connectivity index (χ3n) is 5.01. The Labute approximate surface area is 155 Å². The molecule has 2 aromatic carbocycles. The summed E-state index contributed by atoms with van der Waals surface area (Å²) in [6, 6.07) is 13.6. The van der Waals surface area contributed by atoms with Crippen molar-refractivity contribution in [1.82, 2.24) is 4.90 Å². The molecule has 0 saturated heterocycles. The lowest BCUT2D eigenvalue weighted by Crippen LogP contribution is -2.35. The molecule has 0 aromatic heterocycles. The number of non-ortho nitro benzene ring substituents is 1. The van der Waals surface area contributed by atoms with Gasteiger partial charge in [0.15, 0.2) is 0 Å². The number of carbonyl (C=O) groups is 2. The van der Waals surface area contributed by atoms with Gasteiger partial charge in [-0.2, -0.15) is 0 Å². The highest BCUT2D eigenvalue weighted by Crippen LogP contribution is 2.37. The number of hydrogen-bond donors (Lipinski definition) is 0. The predicted octanol–water partition coefficient (Wildman–Crippen LogP) is 2.76. The number of nitro groups is 1. The van der Waals surface area contributed by atoms with Gasteiger partial charge in [0.25, 0.3) is 17.5 Å². The molecule has 2 aliphatic rings. The number of hydrogen-bond acceptors (Lipinski definition) is 5. The van der Waals surface area contributed by atoms with E-state index in [0.717, 1.165) is 29.0 Å². The quantitative estimate of drug-likeness (QED) is 0.476. The lowest BCUT2D eigenvalue weighted by molar-refractivity contribution is -0.384. The van der Waals surface area contributed by atoms with Crippen molar-refractivity contribution in [2.24, 2.45) is 0 Å². The van der Waals surface area contributed by atoms with Gasteiger partial charge >= 0.3 is 0 Å². The Morgan fingerprint density at radius 1 is 1.00 bits per heavy atom. The minimum absolute atomic E-state index is 0.0608. The van der Waals surface area contributed by atoms with E-state index < -0.39 is 10.8 Å². The molecule has 4 rings (SSSR count). The number of benzene rings is 2. The second kappa shape index (κ2) is 6.35. The number of likely N-dealkylation sites (N-methyl/N-ethyl adjacent to an activating group) is 1. The van der Waals surface area contributed by atoms with Crippen LogP contribution in [0.5, 0.6) is 0 Å². The van der Waals surface area contributed by atoms with Gasteiger partial charge in [-0.25, -0.2) is 0 Å². The SMILES string of the molecule is CN1C(=O)C(c2ccc([N+](=O)[O-])cc2)=C(N2CCCc3ccccc32)C1=O. The van der Waals surface area contributed by atoms with Crippen LogP contribution in [0.25, 0.3) is 5.57 Å². The number of rotatable bonds is 3. The predicted molar refractivity (Wildman–Crippen MR) is 99.9 cm³/mol. The van der Waals surface area contributed by atoms with Gasteiger partial charge in [-0.15, -0.1) is 0 Å². The molecule has 0 saturated carbocycles. The van der Waals surface area contributed by atoms with Crippen LogP contribution in [0.4, 0.5) is 11.4 Å². The molecule has 0 radical (unpaired) electrons. The highest BCUT2D eigenvalue weighted by atomic mass is 16.6. The minimum atomic E-state index is -0.492. The van der Waals surface area contributed by atoms with Crippen molar-refractivity contribution in [1.29, 1.82) is 0 Å². The standard InChI is InChI=1S/C20H17N3O4/c1-21-19(24)17(14-8-10-15(11-9-14)23(26)27)18(20(21)25)22-12-4-6-13-5-2-3-7-16(13)22/h2-3,5,7-11H,4,6,12H2,1H3. The van der Waals surface area contributed by atoms with E-state index in [1.54, 1.807) is 0 Å². The van der Waals surface area contributed by atoms with Gasteiger partial charge in [-0.3, -0.25) is 24.6 Å². The molecule has 2 amide bonds. The number of nitro benzene ring substituents is 1. The molecule has 0 N–H and O–H groups in total. The zero-order chi connectivity index (χ0) is 19.1. The number of nitrogens with zero attached hydrogens (tertiary/aromatic N) is 3. The van der Waals surface area contributed by atoms with E-state index in [1.165, 1.54) is 31.3 Å². The Kier molecular flexibility index (Phi) is 3.99. The lowest BCUT2D eigenvalue weighted by Gasteiger charge is -2.31. The molecule has 0 atom stereocenters. The van der Waals surface area contributed by atoms with E-state index in [0.29, 0.717) is 17.8 Å². The van der Waals surface area contributed by atoms with E-state index in [-0.39, 0.29) is 17.2 Å². The van der Waals surface area contributed by atoms with Crippen molar-refractivity contribution in [3.05, 3.63) is 75.5 Å². The van der Waals surface area contributed by atoms with Crippen LogP contribution in [0.1, 0.15) is 17.5 Å². The molecule has 136 valence electrons. The van der Waals surface area contributed by atoms with Crippen LogP contribution < -0.4 is 4.90 Å². The first-order chi connectivity index (χ1) is 13.0. The summed E-state index contributed by atoms with van der Waals surface area (Å²) in [4.78, 5) is 39.1. The molecule has 2 aromatic rings. The van der Waals surface area contributed by atoms with Gasteiger partial charge < -0.3 is 4.90 Å². The van der Waals surface area contributed by atoms with Crippen molar-refractivity contribution in [2.75, 3.05) is 18.5 Å². The van der Waals surface area contributed by atoms with Gasteiger partial charge in [-0.05, 0) is 42.2 Å². The Balaban J connectivity index is 1.88. The molecule has 0 unspecified atom stereocenters. The molecule has 27 heavy (non-hydrogen) atoms. The molecular formula is C20H17N3O4. The smallest absolute Gasteiger partial charge is 0.277 e. The number of amides is 2. The largest absolute Gasteiger partial charge is 0.336 e. The van der Waals surface area contributed by atoms with Gasteiger partial charge in [0, 0.05) is 31.4 Å². The molecule has 0 bridgehead atoms. The van der Waals surface area contributed by atoms with Crippen LogP contribution in [-0.2, 0) is 16.0 Å². The summed E-state index contributed by atoms with van der Waals surface area (Å²) in [6.07, 6.45) is 1.80. The van der Waals surface area contributed by atoms with Crippen LogP contribution in [0, 0.1) is 10.1 Å². The second-order valence-corrected chi connectivity index (χ2v) is 6.58.